The number of benzene rings is 3. The van der Waals surface area contributed by atoms with Gasteiger partial charge in [-0.2, -0.15) is 0 Å². The van der Waals surface area contributed by atoms with Crippen LogP contribution < -0.4 is 23.8 Å². The van der Waals surface area contributed by atoms with Crippen LogP contribution in [0.25, 0.3) is 0 Å². The fourth-order valence-corrected chi connectivity index (χ4v) is 5.91. The SMILES string of the molecule is COc1ccc([C@H]2CC(=O)Oc3c([C@H](CCN4CCOCC4)c4ccc(N(C)C)cc4)c(OC)cc(OC)c32)cc1. The predicted octanol–water partition coefficient (Wildman–Crippen LogP) is 5.07. The van der Waals surface area contributed by atoms with Crippen molar-refractivity contribution in [3.05, 3.63) is 76.9 Å². The second-order valence-corrected chi connectivity index (χ2v) is 10.7. The Balaban J connectivity index is 1.66. The van der Waals surface area contributed by atoms with E-state index in [-0.39, 0.29) is 24.2 Å². The van der Waals surface area contributed by atoms with Gasteiger partial charge in [-0.15, -0.1) is 0 Å². The van der Waals surface area contributed by atoms with E-state index >= 15 is 0 Å². The van der Waals surface area contributed by atoms with Gasteiger partial charge in [-0.3, -0.25) is 9.69 Å². The topological polar surface area (TPSA) is 69.7 Å². The van der Waals surface area contributed by atoms with Gasteiger partial charge in [0.05, 0.1) is 41.0 Å². The number of hydrogen-bond acceptors (Lipinski definition) is 8. The zero-order valence-corrected chi connectivity index (χ0v) is 24.6. The van der Waals surface area contributed by atoms with Crippen molar-refractivity contribution in [3.63, 3.8) is 0 Å². The number of anilines is 1. The van der Waals surface area contributed by atoms with Crippen LogP contribution in [0.1, 0.15) is 46.9 Å². The minimum atomic E-state index is -0.273. The molecule has 0 aliphatic carbocycles. The van der Waals surface area contributed by atoms with Gasteiger partial charge in [0.25, 0.3) is 0 Å². The molecule has 3 aromatic carbocycles. The molecule has 2 heterocycles. The number of nitrogens with zero attached hydrogens (tertiary/aromatic N) is 2. The van der Waals surface area contributed by atoms with E-state index in [4.69, 9.17) is 23.7 Å². The van der Waals surface area contributed by atoms with Crippen molar-refractivity contribution in [2.45, 2.75) is 24.7 Å². The van der Waals surface area contributed by atoms with E-state index in [9.17, 15) is 4.79 Å². The van der Waals surface area contributed by atoms with Crippen LogP contribution in [0.3, 0.4) is 0 Å². The molecular weight excluding hydrogens is 520 g/mol. The molecule has 8 heteroatoms. The monoisotopic (exact) mass is 560 g/mol. The van der Waals surface area contributed by atoms with Crippen molar-refractivity contribution in [2.75, 3.05) is 73.2 Å². The van der Waals surface area contributed by atoms with Gasteiger partial charge in [0, 0.05) is 61.9 Å². The Hall–Kier alpha value is -3.75. The van der Waals surface area contributed by atoms with Gasteiger partial charge >= 0.3 is 5.97 Å². The van der Waals surface area contributed by atoms with Crippen LogP contribution in [0.4, 0.5) is 5.69 Å². The Morgan fingerprint density at radius 2 is 1.61 bits per heavy atom. The van der Waals surface area contributed by atoms with E-state index in [1.54, 1.807) is 21.3 Å². The quantitative estimate of drug-likeness (QED) is 0.251. The van der Waals surface area contributed by atoms with Crippen LogP contribution in [0.5, 0.6) is 23.0 Å². The maximum Gasteiger partial charge on any atom is 0.312 e. The molecule has 2 atom stereocenters. The van der Waals surface area contributed by atoms with E-state index in [0.717, 1.165) is 73.0 Å². The highest BCUT2D eigenvalue weighted by Crippen LogP contribution is 2.53. The van der Waals surface area contributed by atoms with Gasteiger partial charge in [-0.25, -0.2) is 0 Å². The summed E-state index contributed by atoms with van der Waals surface area (Å²) >= 11 is 0. The molecule has 0 saturated carbocycles. The van der Waals surface area contributed by atoms with E-state index in [0.29, 0.717) is 17.2 Å². The van der Waals surface area contributed by atoms with Crippen molar-refractivity contribution >= 4 is 11.7 Å². The number of hydrogen-bond donors (Lipinski definition) is 0. The lowest BCUT2D eigenvalue weighted by Gasteiger charge is -2.33. The molecule has 1 saturated heterocycles. The second kappa shape index (κ2) is 12.8. The molecule has 0 bridgehead atoms. The molecule has 3 aromatic rings. The van der Waals surface area contributed by atoms with Crippen molar-refractivity contribution in [1.29, 1.82) is 0 Å². The smallest absolute Gasteiger partial charge is 0.312 e. The van der Waals surface area contributed by atoms with Gasteiger partial charge in [0.15, 0.2) is 0 Å². The lowest BCUT2D eigenvalue weighted by molar-refractivity contribution is -0.135. The molecule has 5 rings (SSSR count). The summed E-state index contributed by atoms with van der Waals surface area (Å²) in [6.45, 7) is 4.16. The maximum atomic E-state index is 13.2. The van der Waals surface area contributed by atoms with Crippen LogP contribution >= 0.6 is 0 Å². The third-order valence-electron chi connectivity index (χ3n) is 8.17. The summed E-state index contributed by atoms with van der Waals surface area (Å²) in [7, 11) is 9.02. The van der Waals surface area contributed by atoms with E-state index in [1.165, 1.54) is 0 Å². The predicted molar refractivity (Wildman–Crippen MR) is 159 cm³/mol. The summed E-state index contributed by atoms with van der Waals surface area (Å²) in [4.78, 5) is 17.7. The standard InChI is InChI=1S/C33H40N2O6/c1-34(2)24-10-6-22(7-11-24)26(14-15-35-16-18-40-19-17-35)31-28(38-4)21-29(39-5)32-27(20-30(36)41-33(31)32)23-8-12-25(37-3)13-9-23/h6-13,21,26-27H,14-20H2,1-5H3/t26-,27-/m1/s1. The van der Waals surface area contributed by atoms with Crippen molar-refractivity contribution < 1.29 is 28.5 Å². The number of carbonyl (C=O) groups excluding carboxylic acids is 1. The number of fused-ring (bicyclic) bond motifs is 1. The molecule has 0 radical (unpaired) electrons. The average Bonchev–Trinajstić information content (AvgIpc) is 3.01. The summed E-state index contributed by atoms with van der Waals surface area (Å²) < 4.78 is 29.0. The molecule has 41 heavy (non-hydrogen) atoms. The molecule has 218 valence electrons. The second-order valence-electron chi connectivity index (χ2n) is 10.7. The highest BCUT2D eigenvalue weighted by atomic mass is 16.5. The highest BCUT2D eigenvalue weighted by Gasteiger charge is 2.37. The van der Waals surface area contributed by atoms with Crippen molar-refractivity contribution in [3.8, 4) is 23.0 Å². The Kier molecular flexibility index (Phi) is 9.00. The molecule has 1 fully saturated rings. The van der Waals surface area contributed by atoms with Gasteiger partial charge in [0.1, 0.15) is 23.0 Å². The van der Waals surface area contributed by atoms with Crippen molar-refractivity contribution in [1.82, 2.24) is 4.90 Å². The number of esters is 1. The first kappa shape index (κ1) is 28.8. The Morgan fingerprint density at radius 1 is 0.927 bits per heavy atom. The summed E-state index contributed by atoms with van der Waals surface area (Å²) in [5.41, 5.74) is 5.00. The first-order chi connectivity index (χ1) is 19.9. The zero-order chi connectivity index (χ0) is 28.9. The van der Waals surface area contributed by atoms with Gasteiger partial charge in [0.2, 0.25) is 0 Å². The van der Waals surface area contributed by atoms with Gasteiger partial charge in [-0.1, -0.05) is 24.3 Å². The Labute approximate surface area is 242 Å². The number of rotatable bonds is 10. The maximum absolute atomic E-state index is 13.2. The number of morpholine rings is 1. The normalized spacial score (nSPS) is 17.8. The average molecular weight is 561 g/mol. The number of methoxy groups -OCH3 is 3. The molecule has 0 unspecified atom stereocenters. The lowest BCUT2D eigenvalue weighted by Crippen LogP contribution is -2.37. The largest absolute Gasteiger partial charge is 0.497 e. The first-order valence-corrected chi connectivity index (χ1v) is 14.1. The third-order valence-corrected chi connectivity index (χ3v) is 8.17. The third kappa shape index (κ3) is 6.14. The Morgan fingerprint density at radius 3 is 2.22 bits per heavy atom. The van der Waals surface area contributed by atoms with Crippen LogP contribution in [-0.2, 0) is 9.53 Å². The van der Waals surface area contributed by atoms with Gasteiger partial charge < -0.3 is 28.6 Å². The lowest BCUT2D eigenvalue weighted by atomic mass is 9.80. The Bertz CT molecular complexity index is 1330. The van der Waals surface area contributed by atoms with Gasteiger partial charge in [-0.05, 0) is 48.4 Å². The van der Waals surface area contributed by atoms with Crippen LogP contribution in [0, 0.1) is 0 Å². The summed E-state index contributed by atoms with van der Waals surface area (Å²) in [6.07, 6.45) is 1.04. The van der Waals surface area contributed by atoms with Crippen LogP contribution in [-0.4, -0.2) is 79.1 Å². The fraction of sp³-hybridized carbons (Fsp3) is 0.424. The molecule has 0 aromatic heterocycles. The minimum Gasteiger partial charge on any atom is -0.497 e. The summed E-state index contributed by atoms with van der Waals surface area (Å²) in [6, 6.07) is 18.4. The molecule has 0 amide bonds. The van der Waals surface area contributed by atoms with E-state index in [1.807, 2.05) is 44.4 Å². The molecule has 8 nitrogen and oxygen atoms in total. The molecule has 0 N–H and O–H groups in total. The van der Waals surface area contributed by atoms with Crippen LogP contribution in [0.2, 0.25) is 0 Å². The van der Waals surface area contributed by atoms with E-state index < -0.39 is 0 Å². The van der Waals surface area contributed by atoms with E-state index in [2.05, 4.69) is 34.1 Å². The molecule has 0 spiro atoms. The summed E-state index contributed by atoms with van der Waals surface area (Å²) in [5, 5.41) is 0. The molecular formula is C33H40N2O6. The zero-order valence-electron chi connectivity index (χ0n) is 24.6. The number of ether oxygens (including phenoxy) is 5. The number of carbonyl (C=O) groups is 1. The van der Waals surface area contributed by atoms with Crippen molar-refractivity contribution in [2.24, 2.45) is 0 Å². The molecule has 2 aliphatic heterocycles. The molecule has 2 aliphatic rings. The summed E-state index contributed by atoms with van der Waals surface area (Å²) in [5.74, 6) is 2.01. The fourth-order valence-electron chi connectivity index (χ4n) is 5.91. The highest BCUT2D eigenvalue weighted by molar-refractivity contribution is 5.81. The van der Waals surface area contributed by atoms with Crippen LogP contribution in [0.15, 0.2) is 54.6 Å². The first-order valence-electron chi connectivity index (χ1n) is 14.1. The minimum absolute atomic E-state index is 0.0777.